The Kier molecular flexibility index (Phi) is 7.17. The highest BCUT2D eigenvalue weighted by atomic mass is 32.2. The molecule has 10 nitrogen and oxygen atoms in total. The molecule has 2 amide bonds. The Morgan fingerprint density at radius 3 is 2.49 bits per heavy atom. The van der Waals surface area contributed by atoms with Crippen molar-refractivity contribution in [2.45, 2.75) is 44.7 Å². The molecule has 0 saturated carbocycles. The Hall–Kier alpha value is -3.99. The molecule has 194 valence electrons. The Balaban J connectivity index is 1.55. The highest BCUT2D eigenvalue weighted by molar-refractivity contribution is 7.90. The van der Waals surface area contributed by atoms with E-state index in [1.165, 1.54) is 19.1 Å². The lowest BCUT2D eigenvalue weighted by Crippen LogP contribution is -2.41. The zero-order valence-electron chi connectivity index (χ0n) is 21.1. The lowest BCUT2D eigenvalue weighted by atomic mass is 9.97. The molecular formula is C26H30N6O4S. The number of nitrogens with zero attached hydrogens (tertiary/aromatic N) is 3. The molecule has 1 fully saturated rings. The van der Waals surface area contributed by atoms with Gasteiger partial charge in [0.05, 0.1) is 5.56 Å². The Morgan fingerprint density at radius 1 is 1.05 bits per heavy atom. The van der Waals surface area contributed by atoms with Gasteiger partial charge < -0.3 is 15.5 Å². The van der Waals surface area contributed by atoms with Gasteiger partial charge in [-0.05, 0) is 68.7 Å². The first-order chi connectivity index (χ1) is 17.4. The average Bonchev–Trinajstić information content (AvgIpc) is 3.10. The van der Waals surface area contributed by atoms with Crippen LogP contribution in [0, 0.1) is 5.92 Å². The minimum atomic E-state index is -4.28. The fourth-order valence-electron chi connectivity index (χ4n) is 4.64. The number of nitrogens with one attached hydrogen (secondary N) is 3. The number of pyridine rings is 2. The standard InChI is InChI=1S/C26H30N6O4S/c1-17-15-26(3,4)32(16-17)24-21(10-7-13-27-24)25(34)31-37(35,36)23-12-6-11-22(30-23)29-20-9-5-8-19(14-20)28-18(2)33/h5-14,17H,15-16H2,1-4H3,(H,28,33)(H,29,30)(H,31,34). The number of amides is 2. The van der Waals surface area contributed by atoms with E-state index in [-0.39, 0.29) is 27.9 Å². The predicted molar refractivity (Wildman–Crippen MR) is 142 cm³/mol. The maximum atomic E-state index is 13.2. The number of carbonyl (C=O) groups excluding carboxylic acids is 2. The van der Waals surface area contributed by atoms with E-state index >= 15 is 0 Å². The van der Waals surface area contributed by atoms with Crippen molar-refractivity contribution in [3.8, 4) is 0 Å². The summed E-state index contributed by atoms with van der Waals surface area (Å²) in [6.07, 6.45) is 2.53. The van der Waals surface area contributed by atoms with Crippen LogP contribution in [0.2, 0.25) is 0 Å². The van der Waals surface area contributed by atoms with Gasteiger partial charge >= 0.3 is 0 Å². The van der Waals surface area contributed by atoms with E-state index < -0.39 is 15.9 Å². The number of anilines is 4. The van der Waals surface area contributed by atoms with Gasteiger partial charge in [-0.2, -0.15) is 8.42 Å². The molecule has 1 unspecified atom stereocenters. The van der Waals surface area contributed by atoms with Crippen LogP contribution >= 0.6 is 0 Å². The number of aromatic nitrogens is 2. The largest absolute Gasteiger partial charge is 0.351 e. The van der Waals surface area contributed by atoms with Crippen LogP contribution in [-0.2, 0) is 14.8 Å². The molecule has 1 aliphatic rings. The van der Waals surface area contributed by atoms with Gasteiger partial charge in [0.25, 0.3) is 15.9 Å². The fraction of sp³-hybridized carbons (Fsp3) is 0.308. The van der Waals surface area contributed by atoms with Crippen molar-refractivity contribution in [1.82, 2.24) is 14.7 Å². The zero-order valence-corrected chi connectivity index (χ0v) is 22.0. The van der Waals surface area contributed by atoms with Crippen LogP contribution < -0.4 is 20.3 Å². The van der Waals surface area contributed by atoms with Crippen LogP contribution in [0.15, 0.2) is 65.8 Å². The van der Waals surface area contributed by atoms with Gasteiger partial charge in [-0.3, -0.25) is 9.59 Å². The van der Waals surface area contributed by atoms with Crippen molar-refractivity contribution in [3.05, 3.63) is 66.4 Å². The number of hydrogen-bond donors (Lipinski definition) is 3. The maximum absolute atomic E-state index is 13.2. The highest BCUT2D eigenvalue weighted by Crippen LogP contribution is 2.37. The van der Waals surface area contributed by atoms with Crippen LogP contribution in [0.5, 0.6) is 0 Å². The second kappa shape index (κ2) is 10.2. The lowest BCUT2D eigenvalue weighted by Gasteiger charge is -2.33. The van der Waals surface area contributed by atoms with Crippen LogP contribution in [-0.4, -0.2) is 42.3 Å². The smallest absolute Gasteiger partial charge is 0.281 e. The van der Waals surface area contributed by atoms with Gasteiger partial charge in [0.2, 0.25) is 5.91 Å². The van der Waals surface area contributed by atoms with Crippen LogP contribution in [0.25, 0.3) is 0 Å². The summed E-state index contributed by atoms with van der Waals surface area (Å²) in [5.74, 6) is 0.132. The summed E-state index contributed by atoms with van der Waals surface area (Å²) >= 11 is 0. The van der Waals surface area contributed by atoms with Gasteiger partial charge in [0.15, 0.2) is 5.03 Å². The normalized spacial score (nSPS) is 16.8. The first-order valence-electron chi connectivity index (χ1n) is 11.9. The Bertz CT molecular complexity index is 1440. The number of carbonyl (C=O) groups is 2. The van der Waals surface area contributed by atoms with Crippen molar-refractivity contribution in [1.29, 1.82) is 0 Å². The molecule has 1 aromatic carbocycles. The molecule has 3 heterocycles. The number of hydrogen-bond acceptors (Lipinski definition) is 8. The SMILES string of the molecule is CC(=O)Nc1cccc(Nc2cccc(S(=O)(=O)NC(=O)c3cccnc3N3CC(C)CC3(C)C)n2)c1. The number of sulfonamides is 1. The molecule has 3 aromatic rings. The van der Waals surface area contributed by atoms with E-state index in [0.717, 1.165) is 13.0 Å². The molecule has 0 radical (unpaired) electrons. The maximum Gasteiger partial charge on any atom is 0.281 e. The number of benzene rings is 1. The molecule has 4 rings (SSSR count). The second-order valence-electron chi connectivity index (χ2n) is 9.79. The van der Waals surface area contributed by atoms with Crippen LogP contribution in [0.3, 0.4) is 0 Å². The van der Waals surface area contributed by atoms with Crippen molar-refractivity contribution in [2.75, 3.05) is 22.1 Å². The Morgan fingerprint density at radius 2 is 1.78 bits per heavy atom. The molecule has 0 aliphatic carbocycles. The summed E-state index contributed by atoms with van der Waals surface area (Å²) in [7, 11) is -4.28. The van der Waals surface area contributed by atoms with Gasteiger partial charge in [-0.1, -0.05) is 19.1 Å². The summed E-state index contributed by atoms with van der Waals surface area (Å²) in [6.45, 7) is 8.42. The summed E-state index contributed by atoms with van der Waals surface area (Å²) < 4.78 is 28.4. The van der Waals surface area contributed by atoms with Gasteiger partial charge in [-0.25, -0.2) is 14.7 Å². The molecule has 0 spiro atoms. The van der Waals surface area contributed by atoms with Crippen molar-refractivity contribution < 1.29 is 18.0 Å². The quantitative estimate of drug-likeness (QED) is 0.425. The topological polar surface area (TPSA) is 133 Å². The molecule has 2 aromatic heterocycles. The number of rotatable bonds is 7. The molecule has 3 N–H and O–H groups in total. The second-order valence-corrected chi connectivity index (χ2v) is 11.4. The van der Waals surface area contributed by atoms with Crippen molar-refractivity contribution in [2.24, 2.45) is 5.92 Å². The summed E-state index contributed by atoms with van der Waals surface area (Å²) in [6, 6.07) is 14.5. The molecule has 0 bridgehead atoms. The zero-order chi connectivity index (χ0) is 26.8. The monoisotopic (exact) mass is 522 g/mol. The Labute approximate surface area is 216 Å². The van der Waals surface area contributed by atoms with Gasteiger partial charge in [0.1, 0.15) is 11.6 Å². The first-order valence-corrected chi connectivity index (χ1v) is 13.3. The molecule has 1 saturated heterocycles. The third kappa shape index (κ3) is 6.05. The molecule has 11 heteroatoms. The summed E-state index contributed by atoms with van der Waals surface area (Å²) in [4.78, 5) is 35.1. The van der Waals surface area contributed by atoms with Gasteiger partial charge in [-0.15, -0.1) is 0 Å². The summed E-state index contributed by atoms with van der Waals surface area (Å²) in [5.41, 5.74) is 1.13. The fourth-order valence-corrected chi connectivity index (χ4v) is 5.57. The van der Waals surface area contributed by atoms with Crippen molar-refractivity contribution >= 4 is 44.8 Å². The van der Waals surface area contributed by atoms with E-state index in [1.807, 2.05) is 0 Å². The lowest BCUT2D eigenvalue weighted by molar-refractivity contribution is -0.114. The van der Waals surface area contributed by atoms with Crippen molar-refractivity contribution in [3.63, 3.8) is 0 Å². The summed E-state index contributed by atoms with van der Waals surface area (Å²) in [5, 5.41) is 5.39. The van der Waals surface area contributed by atoms with Crippen LogP contribution in [0.1, 0.15) is 44.5 Å². The minimum Gasteiger partial charge on any atom is -0.351 e. The van der Waals surface area contributed by atoms with E-state index in [4.69, 9.17) is 0 Å². The third-order valence-electron chi connectivity index (χ3n) is 6.04. The molecule has 1 atom stereocenters. The highest BCUT2D eigenvalue weighted by Gasteiger charge is 2.39. The molecule has 37 heavy (non-hydrogen) atoms. The van der Waals surface area contributed by atoms with E-state index in [9.17, 15) is 18.0 Å². The predicted octanol–water partition coefficient (Wildman–Crippen LogP) is 3.92. The molecular weight excluding hydrogens is 492 g/mol. The first kappa shape index (κ1) is 26.1. The van der Waals surface area contributed by atoms with Crippen LogP contribution in [0.4, 0.5) is 23.0 Å². The van der Waals surface area contributed by atoms with Gasteiger partial charge in [0, 0.05) is 36.6 Å². The van der Waals surface area contributed by atoms with E-state index in [2.05, 4.69) is 51.0 Å². The minimum absolute atomic E-state index is 0.178. The third-order valence-corrected chi connectivity index (χ3v) is 7.27. The molecule has 1 aliphatic heterocycles. The average molecular weight is 523 g/mol. The van der Waals surface area contributed by atoms with E-state index in [1.54, 1.807) is 48.7 Å². The van der Waals surface area contributed by atoms with E-state index in [0.29, 0.717) is 23.1 Å².